The van der Waals surface area contributed by atoms with Crippen molar-refractivity contribution in [3.05, 3.63) is 42.9 Å². The molecule has 1 aliphatic carbocycles. The largest absolute Gasteiger partial charge is 0.351 e. The highest BCUT2D eigenvalue weighted by Gasteiger charge is 2.16. The smallest absolute Gasteiger partial charge is 0.227 e. The summed E-state index contributed by atoms with van der Waals surface area (Å²) in [6.45, 7) is 0. The molecular weight excluding hydrogens is 350 g/mol. The molecule has 5 rings (SSSR count). The van der Waals surface area contributed by atoms with Crippen molar-refractivity contribution in [1.29, 1.82) is 0 Å². The van der Waals surface area contributed by atoms with Crippen LogP contribution in [0.25, 0.3) is 22.1 Å². The molecule has 0 atom stereocenters. The molecule has 0 radical (unpaired) electrons. The van der Waals surface area contributed by atoms with Crippen LogP contribution in [0, 0.1) is 0 Å². The van der Waals surface area contributed by atoms with Crippen LogP contribution in [-0.2, 0) is 0 Å². The Bertz CT molecular complexity index is 1100. The van der Waals surface area contributed by atoms with Crippen molar-refractivity contribution in [2.45, 2.75) is 44.6 Å². The van der Waals surface area contributed by atoms with Crippen molar-refractivity contribution >= 4 is 39.5 Å². The lowest BCUT2D eigenvalue weighted by molar-refractivity contribution is 0.615. The molecule has 3 aromatic heterocycles. The first-order valence-electron chi connectivity index (χ1n) is 9.95. The molecule has 1 aromatic carbocycles. The molecule has 0 spiro atoms. The number of aromatic amines is 1. The average molecular weight is 373 g/mol. The Labute approximate surface area is 163 Å². The molecule has 0 aliphatic heterocycles. The topological polar surface area (TPSA) is 91.4 Å². The van der Waals surface area contributed by atoms with Gasteiger partial charge in [0.1, 0.15) is 5.52 Å². The Kier molecular flexibility index (Phi) is 4.48. The SMILES string of the molecule is c1cnc2cc(Nc3nc(NC4CCCCCC4)nc4nc[nH]c34)ccc2c1. The fraction of sp³-hybridized carbons (Fsp3) is 0.333. The summed E-state index contributed by atoms with van der Waals surface area (Å²) in [5, 5.41) is 8.05. The van der Waals surface area contributed by atoms with E-state index in [-0.39, 0.29) is 0 Å². The van der Waals surface area contributed by atoms with Gasteiger partial charge in [-0.05, 0) is 31.0 Å². The summed E-state index contributed by atoms with van der Waals surface area (Å²) >= 11 is 0. The number of rotatable bonds is 4. The molecule has 0 saturated heterocycles. The predicted octanol–water partition coefficient (Wildman–Crippen LogP) is 4.78. The van der Waals surface area contributed by atoms with Gasteiger partial charge in [-0.25, -0.2) is 4.98 Å². The number of H-pyrrole nitrogens is 1. The molecule has 1 fully saturated rings. The standard InChI is InChI=1S/C21H23N7/c1-2-4-8-15(7-3-1)26-21-27-19-18(23-13-24-19)20(28-21)25-16-10-9-14-6-5-11-22-17(14)12-16/h5-6,9-13,15H,1-4,7-8H2,(H3,23,24,25,26,27,28). The van der Waals surface area contributed by atoms with E-state index in [1.165, 1.54) is 38.5 Å². The Morgan fingerprint density at radius 1 is 0.964 bits per heavy atom. The highest BCUT2D eigenvalue weighted by Crippen LogP contribution is 2.26. The van der Waals surface area contributed by atoms with Gasteiger partial charge in [-0.1, -0.05) is 37.8 Å². The minimum absolute atomic E-state index is 0.427. The van der Waals surface area contributed by atoms with E-state index in [2.05, 4.69) is 42.7 Å². The van der Waals surface area contributed by atoms with Crippen LogP contribution < -0.4 is 10.6 Å². The highest BCUT2D eigenvalue weighted by atomic mass is 15.2. The number of hydrogen-bond acceptors (Lipinski definition) is 6. The van der Waals surface area contributed by atoms with E-state index in [9.17, 15) is 0 Å². The summed E-state index contributed by atoms with van der Waals surface area (Å²) < 4.78 is 0. The van der Waals surface area contributed by atoms with Crippen molar-refractivity contribution < 1.29 is 0 Å². The van der Waals surface area contributed by atoms with Crippen molar-refractivity contribution in [3.63, 3.8) is 0 Å². The fourth-order valence-corrected chi connectivity index (χ4v) is 3.88. The molecular formula is C21H23N7. The second-order valence-corrected chi connectivity index (χ2v) is 7.37. The van der Waals surface area contributed by atoms with Crippen molar-refractivity contribution in [2.24, 2.45) is 0 Å². The van der Waals surface area contributed by atoms with Gasteiger partial charge >= 0.3 is 0 Å². The van der Waals surface area contributed by atoms with E-state index < -0.39 is 0 Å². The fourth-order valence-electron chi connectivity index (χ4n) is 3.88. The van der Waals surface area contributed by atoms with Gasteiger partial charge in [0.15, 0.2) is 11.5 Å². The van der Waals surface area contributed by atoms with Gasteiger partial charge in [0.05, 0.1) is 11.8 Å². The summed E-state index contributed by atoms with van der Waals surface area (Å²) in [5.74, 6) is 1.35. The maximum Gasteiger partial charge on any atom is 0.227 e. The first-order valence-corrected chi connectivity index (χ1v) is 9.95. The molecule has 142 valence electrons. The summed E-state index contributed by atoms with van der Waals surface area (Å²) in [7, 11) is 0. The maximum atomic E-state index is 4.75. The van der Waals surface area contributed by atoms with Crippen LogP contribution in [0.2, 0.25) is 0 Å². The Balaban J connectivity index is 1.46. The van der Waals surface area contributed by atoms with Crippen LogP contribution in [0.1, 0.15) is 38.5 Å². The average Bonchev–Trinajstić information content (AvgIpc) is 3.05. The van der Waals surface area contributed by atoms with Crippen molar-refractivity contribution in [1.82, 2.24) is 24.9 Å². The van der Waals surface area contributed by atoms with E-state index >= 15 is 0 Å². The molecule has 0 unspecified atom stereocenters. The van der Waals surface area contributed by atoms with Gasteiger partial charge in [0.2, 0.25) is 5.95 Å². The van der Waals surface area contributed by atoms with E-state index in [1.807, 2.05) is 18.2 Å². The van der Waals surface area contributed by atoms with Crippen LogP contribution in [0.15, 0.2) is 42.9 Å². The van der Waals surface area contributed by atoms with E-state index in [0.717, 1.165) is 22.1 Å². The number of imidazole rings is 1. The molecule has 4 aromatic rings. The zero-order valence-electron chi connectivity index (χ0n) is 15.7. The van der Waals surface area contributed by atoms with Crippen LogP contribution in [-0.4, -0.2) is 31.0 Å². The van der Waals surface area contributed by atoms with E-state index in [4.69, 9.17) is 4.98 Å². The number of nitrogens with one attached hydrogen (secondary N) is 3. The van der Waals surface area contributed by atoms with Crippen LogP contribution in [0.5, 0.6) is 0 Å². The van der Waals surface area contributed by atoms with Gasteiger partial charge in [-0.3, -0.25) is 4.98 Å². The minimum atomic E-state index is 0.427. The lowest BCUT2D eigenvalue weighted by Crippen LogP contribution is -2.20. The molecule has 3 N–H and O–H groups in total. The summed E-state index contributed by atoms with van der Waals surface area (Å²) in [6.07, 6.45) is 11.0. The summed E-state index contributed by atoms with van der Waals surface area (Å²) in [4.78, 5) is 21.3. The van der Waals surface area contributed by atoms with Gasteiger partial charge in [-0.2, -0.15) is 9.97 Å². The minimum Gasteiger partial charge on any atom is -0.351 e. The van der Waals surface area contributed by atoms with Crippen molar-refractivity contribution in [3.8, 4) is 0 Å². The number of nitrogens with zero attached hydrogens (tertiary/aromatic N) is 4. The second-order valence-electron chi connectivity index (χ2n) is 7.37. The Morgan fingerprint density at radius 2 is 1.86 bits per heavy atom. The quantitative estimate of drug-likeness (QED) is 0.446. The van der Waals surface area contributed by atoms with Crippen LogP contribution in [0.4, 0.5) is 17.5 Å². The normalized spacial score (nSPS) is 15.6. The lowest BCUT2D eigenvalue weighted by Gasteiger charge is -2.17. The number of hydrogen-bond donors (Lipinski definition) is 3. The molecule has 28 heavy (non-hydrogen) atoms. The Morgan fingerprint density at radius 3 is 2.75 bits per heavy atom. The zero-order valence-corrected chi connectivity index (χ0v) is 15.7. The third kappa shape index (κ3) is 3.47. The Hall–Kier alpha value is -3.22. The maximum absolute atomic E-state index is 4.75. The summed E-state index contributed by atoms with van der Waals surface area (Å²) in [6, 6.07) is 10.5. The number of fused-ring (bicyclic) bond motifs is 2. The third-order valence-corrected chi connectivity index (χ3v) is 5.34. The monoisotopic (exact) mass is 373 g/mol. The first kappa shape index (κ1) is 16.9. The van der Waals surface area contributed by atoms with Gasteiger partial charge < -0.3 is 15.6 Å². The molecule has 7 heteroatoms. The molecule has 3 heterocycles. The molecule has 1 aliphatic rings. The second kappa shape index (κ2) is 7.42. The van der Waals surface area contributed by atoms with Gasteiger partial charge in [0.25, 0.3) is 0 Å². The summed E-state index contributed by atoms with van der Waals surface area (Å²) in [5.41, 5.74) is 3.33. The van der Waals surface area contributed by atoms with E-state index in [0.29, 0.717) is 23.5 Å². The molecule has 0 bridgehead atoms. The zero-order chi connectivity index (χ0) is 18.8. The lowest BCUT2D eigenvalue weighted by atomic mass is 10.1. The number of aromatic nitrogens is 5. The van der Waals surface area contributed by atoms with Gasteiger partial charge in [0, 0.05) is 23.3 Å². The van der Waals surface area contributed by atoms with Gasteiger partial charge in [-0.15, -0.1) is 0 Å². The number of anilines is 3. The third-order valence-electron chi connectivity index (χ3n) is 5.34. The molecule has 1 saturated carbocycles. The number of benzene rings is 1. The molecule has 7 nitrogen and oxygen atoms in total. The van der Waals surface area contributed by atoms with Crippen LogP contribution in [0.3, 0.4) is 0 Å². The molecule has 0 amide bonds. The van der Waals surface area contributed by atoms with E-state index in [1.54, 1.807) is 12.5 Å². The first-order chi connectivity index (χ1) is 13.8. The highest BCUT2D eigenvalue weighted by molar-refractivity contribution is 5.88. The predicted molar refractivity (Wildman–Crippen MR) is 112 cm³/mol. The van der Waals surface area contributed by atoms with Crippen LogP contribution >= 0.6 is 0 Å². The van der Waals surface area contributed by atoms with Crippen molar-refractivity contribution in [2.75, 3.05) is 10.6 Å². The number of pyridine rings is 1.